The monoisotopic (exact) mass is 364 g/mol. The van der Waals surface area contributed by atoms with E-state index >= 15 is 0 Å². The number of amides is 2. The fraction of sp³-hybridized carbons (Fsp3) is 0.391. The Balaban J connectivity index is 1.71. The van der Waals surface area contributed by atoms with Crippen LogP contribution < -0.4 is 10.2 Å². The molecule has 2 aromatic carbocycles. The van der Waals surface area contributed by atoms with Crippen molar-refractivity contribution in [2.75, 3.05) is 18.0 Å². The largest absolute Gasteiger partial charge is 0.352 e. The van der Waals surface area contributed by atoms with Gasteiger partial charge >= 0.3 is 0 Å². The first-order valence-electron chi connectivity index (χ1n) is 9.81. The van der Waals surface area contributed by atoms with Crippen LogP contribution in [-0.2, 0) is 11.2 Å². The molecule has 1 heterocycles. The van der Waals surface area contributed by atoms with Gasteiger partial charge < -0.3 is 10.2 Å². The van der Waals surface area contributed by atoms with E-state index in [0.717, 1.165) is 36.2 Å². The van der Waals surface area contributed by atoms with E-state index in [1.807, 2.05) is 42.2 Å². The first-order valence-corrected chi connectivity index (χ1v) is 9.81. The maximum Gasteiger partial charge on any atom is 0.251 e. The number of hydrogen-bond donors (Lipinski definition) is 1. The second kappa shape index (κ2) is 8.38. The Labute approximate surface area is 161 Å². The van der Waals surface area contributed by atoms with Gasteiger partial charge in [-0.05, 0) is 59.7 Å². The summed E-state index contributed by atoms with van der Waals surface area (Å²) >= 11 is 0. The molecule has 4 nitrogen and oxygen atoms in total. The van der Waals surface area contributed by atoms with Crippen molar-refractivity contribution in [2.45, 2.75) is 40.0 Å². The van der Waals surface area contributed by atoms with Crippen molar-refractivity contribution in [1.82, 2.24) is 5.32 Å². The van der Waals surface area contributed by atoms with Gasteiger partial charge in [-0.25, -0.2) is 0 Å². The molecule has 0 aliphatic carbocycles. The molecule has 0 unspecified atom stereocenters. The quantitative estimate of drug-likeness (QED) is 0.824. The zero-order valence-corrected chi connectivity index (χ0v) is 16.4. The lowest BCUT2D eigenvalue weighted by atomic mass is 10.0. The summed E-state index contributed by atoms with van der Waals surface area (Å²) in [4.78, 5) is 26.1. The molecule has 3 rings (SSSR count). The molecule has 1 N–H and O–H groups in total. The van der Waals surface area contributed by atoms with Gasteiger partial charge in [-0.3, -0.25) is 9.59 Å². The summed E-state index contributed by atoms with van der Waals surface area (Å²) in [5.74, 6) is 0.732. The lowest BCUT2D eigenvalue weighted by Gasteiger charge is -2.16. The number of nitrogens with zero attached hydrogens (tertiary/aromatic N) is 1. The summed E-state index contributed by atoms with van der Waals surface area (Å²) in [6.45, 7) is 7.66. The molecule has 4 heteroatoms. The minimum absolute atomic E-state index is 0.0233. The summed E-state index contributed by atoms with van der Waals surface area (Å²) in [6, 6.07) is 14.0. The number of fused-ring (bicyclic) bond motifs is 1. The van der Waals surface area contributed by atoms with Crippen molar-refractivity contribution in [3.8, 4) is 11.1 Å². The van der Waals surface area contributed by atoms with Gasteiger partial charge in [0.25, 0.3) is 5.91 Å². The molecule has 1 aliphatic heterocycles. The van der Waals surface area contributed by atoms with Gasteiger partial charge in [0, 0.05) is 30.8 Å². The molecule has 0 spiro atoms. The summed E-state index contributed by atoms with van der Waals surface area (Å²) in [5.41, 5.74) is 5.13. The number of nitrogens with one attached hydrogen (secondary N) is 1. The van der Waals surface area contributed by atoms with E-state index < -0.39 is 0 Å². The van der Waals surface area contributed by atoms with Crippen LogP contribution in [0.25, 0.3) is 11.1 Å². The highest BCUT2D eigenvalue weighted by molar-refractivity contribution is 5.96. The molecule has 0 fully saturated rings. The SMILES string of the molecule is CCC(=O)N1CCc2cc(-c3ccc(C(=O)NCCC(C)C)cc3)ccc21. The molecule has 0 saturated heterocycles. The molecule has 0 aromatic heterocycles. The van der Waals surface area contributed by atoms with Crippen molar-refractivity contribution in [1.29, 1.82) is 0 Å². The van der Waals surface area contributed by atoms with E-state index in [1.165, 1.54) is 5.56 Å². The first-order chi connectivity index (χ1) is 13.0. The van der Waals surface area contributed by atoms with E-state index in [0.29, 0.717) is 24.4 Å². The summed E-state index contributed by atoms with van der Waals surface area (Å²) in [5, 5.41) is 2.97. The van der Waals surface area contributed by atoms with Gasteiger partial charge in [0.1, 0.15) is 0 Å². The molecule has 0 bridgehead atoms. The highest BCUT2D eigenvalue weighted by atomic mass is 16.2. The third-order valence-corrected chi connectivity index (χ3v) is 5.07. The van der Waals surface area contributed by atoms with Crippen molar-refractivity contribution in [3.05, 3.63) is 53.6 Å². The minimum Gasteiger partial charge on any atom is -0.352 e. The minimum atomic E-state index is -0.0233. The molecular weight excluding hydrogens is 336 g/mol. The number of carbonyl (C=O) groups is 2. The number of rotatable bonds is 6. The second-order valence-electron chi connectivity index (χ2n) is 7.51. The lowest BCUT2D eigenvalue weighted by Crippen LogP contribution is -2.27. The van der Waals surface area contributed by atoms with Crippen LogP contribution in [0.2, 0.25) is 0 Å². The zero-order chi connectivity index (χ0) is 19.4. The normalized spacial score (nSPS) is 13.0. The smallest absolute Gasteiger partial charge is 0.251 e. The lowest BCUT2D eigenvalue weighted by molar-refractivity contribution is -0.118. The third kappa shape index (κ3) is 4.38. The number of anilines is 1. The highest BCUT2D eigenvalue weighted by Gasteiger charge is 2.23. The third-order valence-electron chi connectivity index (χ3n) is 5.07. The van der Waals surface area contributed by atoms with Crippen molar-refractivity contribution in [2.24, 2.45) is 5.92 Å². The Morgan fingerprint density at radius 3 is 2.44 bits per heavy atom. The maximum absolute atomic E-state index is 12.2. The van der Waals surface area contributed by atoms with Gasteiger partial charge in [-0.15, -0.1) is 0 Å². The van der Waals surface area contributed by atoms with Crippen LogP contribution in [0.15, 0.2) is 42.5 Å². The van der Waals surface area contributed by atoms with Gasteiger partial charge in [0.2, 0.25) is 5.91 Å². The highest BCUT2D eigenvalue weighted by Crippen LogP contribution is 2.32. The van der Waals surface area contributed by atoms with Crippen LogP contribution >= 0.6 is 0 Å². The molecule has 142 valence electrons. The van der Waals surface area contributed by atoms with Crippen molar-refractivity contribution in [3.63, 3.8) is 0 Å². The fourth-order valence-corrected chi connectivity index (χ4v) is 3.42. The van der Waals surface area contributed by atoms with E-state index in [9.17, 15) is 9.59 Å². The Morgan fingerprint density at radius 2 is 1.78 bits per heavy atom. The molecule has 2 amide bonds. The van der Waals surface area contributed by atoms with Crippen LogP contribution in [0.5, 0.6) is 0 Å². The predicted octanol–water partition coefficient (Wildman–Crippen LogP) is 4.43. The maximum atomic E-state index is 12.2. The Kier molecular flexibility index (Phi) is 5.94. The van der Waals surface area contributed by atoms with E-state index in [-0.39, 0.29) is 11.8 Å². The van der Waals surface area contributed by atoms with Crippen LogP contribution in [0.3, 0.4) is 0 Å². The molecule has 0 atom stereocenters. The number of hydrogen-bond acceptors (Lipinski definition) is 2. The van der Waals surface area contributed by atoms with Crippen LogP contribution in [0.1, 0.15) is 49.5 Å². The Hall–Kier alpha value is -2.62. The number of benzene rings is 2. The summed E-state index contributed by atoms with van der Waals surface area (Å²) in [6.07, 6.45) is 2.41. The Bertz CT molecular complexity index is 825. The molecular formula is C23H28N2O2. The molecule has 2 aromatic rings. The second-order valence-corrected chi connectivity index (χ2v) is 7.51. The first kappa shape index (κ1) is 19.2. The number of carbonyl (C=O) groups excluding carboxylic acids is 2. The average molecular weight is 364 g/mol. The topological polar surface area (TPSA) is 49.4 Å². The molecule has 27 heavy (non-hydrogen) atoms. The van der Waals surface area contributed by atoms with Crippen molar-refractivity contribution >= 4 is 17.5 Å². The van der Waals surface area contributed by atoms with Gasteiger partial charge in [0.15, 0.2) is 0 Å². The standard InChI is InChI=1S/C23H28N2O2/c1-4-22(26)25-14-12-20-15-19(9-10-21(20)25)17-5-7-18(8-6-17)23(27)24-13-11-16(2)3/h5-10,15-16H,4,11-14H2,1-3H3,(H,24,27). The van der Waals surface area contributed by atoms with E-state index in [2.05, 4.69) is 31.3 Å². The van der Waals surface area contributed by atoms with Gasteiger partial charge in [0.05, 0.1) is 0 Å². The average Bonchev–Trinajstić information content (AvgIpc) is 3.10. The zero-order valence-electron chi connectivity index (χ0n) is 16.4. The van der Waals surface area contributed by atoms with E-state index in [4.69, 9.17) is 0 Å². The molecule has 0 saturated carbocycles. The molecule has 0 radical (unpaired) electrons. The van der Waals surface area contributed by atoms with Crippen LogP contribution in [0.4, 0.5) is 5.69 Å². The summed E-state index contributed by atoms with van der Waals surface area (Å²) in [7, 11) is 0. The van der Waals surface area contributed by atoms with Crippen molar-refractivity contribution < 1.29 is 9.59 Å². The summed E-state index contributed by atoms with van der Waals surface area (Å²) < 4.78 is 0. The van der Waals surface area contributed by atoms with Crippen LogP contribution in [0, 0.1) is 5.92 Å². The van der Waals surface area contributed by atoms with Gasteiger partial charge in [-0.1, -0.05) is 39.0 Å². The Morgan fingerprint density at radius 1 is 1.07 bits per heavy atom. The van der Waals surface area contributed by atoms with Crippen LogP contribution in [-0.4, -0.2) is 24.9 Å². The van der Waals surface area contributed by atoms with Gasteiger partial charge in [-0.2, -0.15) is 0 Å². The predicted molar refractivity (Wildman–Crippen MR) is 110 cm³/mol. The van der Waals surface area contributed by atoms with E-state index in [1.54, 1.807) is 0 Å². The molecule has 1 aliphatic rings. The fourth-order valence-electron chi connectivity index (χ4n) is 3.42.